The van der Waals surface area contributed by atoms with E-state index < -0.39 is 0 Å². The van der Waals surface area contributed by atoms with Gasteiger partial charge in [0.2, 0.25) is 12.7 Å². The molecule has 0 N–H and O–H groups in total. The Hall–Kier alpha value is -1.66. The van der Waals surface area contributed by atoms with E-state index >= 15 is 0 Å². The Morgan fingerprint density at radius 2 is 1.92 bits per heavy atom. The molecular weight excluding hydrogens is 348 g/mol. The summed E-state index contributed by atoms with van der Waals surface area (Å²) >= 11 is 2.07. The van der Waals surface area contributed by atoms with Crippen molar-refractivity contribution in [1.29, 1.82) is 0 Å². The molecule has 140 valence electrons. The van der Waals surface area contributed by atoms with Gasteiger partial charge in [0.1, 0.15) is 0 Å². The smallest absolute Gasteiger partial charge is 0.246 e. The van der Waals surface area contributed by atoms with Crippen molar-refractivity contribution in [2.24, 2.45) is 0 Å². The number of carbonyl (C=O) groups is 1. The van der Waals surface area contributed by atoms with Crippen molar-refractivity contribution < 1.29 is 14.3 Å². The van der Waals surface area contributed by atoms with E-state index in [1.807, 2.05) is 29.2 Å². The number of nitrogens with zero attached hydrogens (tertiary/aromatic N) is 2. The van der Waals surface area contributed by atoms with Gasteiger partial charge in [0, 0.05) is 38.3 Å². The first-order valence-corrected chi connectivity index (χ1v) is 10.6. The molecule has 5 nitrogen and oxygen atoms in total. The first-order valence-electron chi connectivity index (χ1n) is 9.48. The molecule has 26 heavy (non-hydrogen) atoms. The maximum Gasteiger partial charge on any atom is 0.246 e. The van der Waals surface area contributed by atoms with Crippen LogP contribution in [0.5, 0.6) is 11.5 Å². The average Bonchev–Trinajstić information content (AvgIpc) is 3.01. The highest BCUT2D eigenvalue weighted by Crippen LogP contribution is 2.32. The SMILES string of the molecule is O=C(C=Cc1ccc2c(c1)OCO2)N1CCCN(C2CCSCC2)CC1. The van der Waals surface area contributed by atoms with Crippen molar-refractivity contribution >= 4 is 23.7 Å². The van der Waals surface area contributed by atoms with E-state index in [4.69, 9.17) is 9.47 Å². The first kappa shape index (κ1) is 17.7. The second-order valence-corrected chi connectivity index (χ2v) is 8.23. The number of amides is 1. The van der Waals surface area contributed by atoms with Crippen LogP contribution < -0.4 is 9.47 Å². The highest BCUT2D eigenvalue weighted by Gasteiger charge is 2.24. The van der Waals surface area contributed by atoms with E-state index in [1.165, 1.54) is 24.3 Å². The first-order chi connectivity index (χ1) is 12.8. The van der Waals surface area contributed by atoms with Crippen LogP contribution in [-0.2, 0) is 4.79 Å². The Labute approximate surface area is 159 Å². The monoisotopic (exact) mass is 374 g/mol. The average molecular weight is 375 g/mol. The molecule has 0 aliphatic carbocycles. The van der Waals surface area contributed by atoms with Crippen molar-refractivity contribution in [3.05, 3.63) is 29.8 Å². The second-order valence-electron chi connectivity index (χ2n) is 7.00. The van der Waals surface area contributed by atoms with E-state index in [-0.39, 0.29) is 12.7 Å². The molecule has 0 radical (unpaired) electrons. The molecule has 6 heteroatoms. The number of hydrogen-bond donors (Lipinski definition) is 0. The number of carbonyl (C=O) groups excluding carboxylic acids is 1. The maximum absolute atomic E-state index is 12.6. The molecule has 4 rings (SSSR count). The summed E-state index contributed by atoms with van der Waals surface area (Å²) in [6.07, 6.45) is 7.20. The predicted octanol–water partition coefficient (Wildman–Crippen LogP) is 2.86. The zero-order valence-corrected chi connectivity index (χ0v) is 15.9. The molecule has 0 unspecified atom stereocenters. The lowest BCUT2D eigenvalue weighted by Gasteiger charge is -2.33. The number of thioether (sulfide) groups is 1. The van der Waals surface area contributed by atoms with Gasteiger partial charge >= 0.3 is 0 Å². The molecule has 3 heterocycles. The maximum atomic E-state index is 12.6. The van der Waals surface area contributed by atoms with Gasteiger partial charge in [-0.1, -0.05) is 6.07 Å². The van der Waals surface area contributed by atoms with Gasteiger partial charge in [-0.2, -0.15) is 11.8 Å². The highest BCUT2D eigenvalue weighted by molar-refractivity contribution is 7.99. The summed E-state index contributed by atoms with van der Waals surface area (Å²) in [5.41, 5.74) is 0.957. The Balaban J connectivity index is 1.33. The van der Waals surface area contributed by atoms with Crippen LogP contribution in [0.1, 0.15) is 24.8 Å². The fraction of sp³-hybridized carbons (Fsp3) is 0.550. The van der Waals surface area contributed by atoms with Gasteiger partial charge in [0.15, 0.2) is 11.5 Å². The van der Waals surface area contributed by atoms with E-state index in [0.717, 1.165) is 55.7 Å². The Kier molecular flexibility index (Phi) is 5.70. The Morgan fingerprint density at radius 1 is 1.08 bits per heavy atom. The molecule has 0 atom stereocenters. The minimum Gasteiger partial charge on any atom is -0.454 e. The summed E-state index contributed by atoms with van der Waals surface area (Å²) in [7, 11) is 0. The van der Waals surface area contributed by atoms with Crippen molar-refractivity contribution in [3.8, 4) is 11.5 Å². The third-order valence-corrected chi connectivity index (χ3v) is 6.41. The molecule has 0 bridgehead atoms. The third kappa shape index (κ3) is 4.18. The minimum atomic E-state index is 0.101. The van der Waals surface area contributed by atoms with Gasteiger partial charge in [0.05, 0.1) is 0 Å². The predicted molar refractivity (Wildman–Crippen MR) is 105 cm³/mol. The quantitative estimate of drug-likeness (QED) is 0.761. The van der Waals surface area contributed by atoms with Crippen molar-refractivity contribution in [3.63, 3.8) is 0 Å². The van der Waals surface area contributed by atoms with Crippen LogP contribution >= 0.6 is 11.8 Å². The van der Waals surface area contributed by atoms with Crippen LogP contribution in [0.25, 0.3) is 6.08 Å². The van der Waals surface area contributed by atoms with Gasteiger partial charge in [-0.25, -0.2) is 0 Å². The van der Waals surface area contributed by atoms with Crippen molar-refractivity contribution in [1.82, 2.24) is 9.80 Å². The summed E-state index contributed by atoms with van der Waals surface area (Å²) in [4.78, 5) is 17.2. The van der Waals surface area contributed by atoms with Crippen molar-refractivity contribution in [2.45, 2.75) is 25.3 Å². The number of fused-ring (bicyclic) bond motifs is 1. The summed E-state index contributed by atoms with van der Waals surface area (Å²) in [5.74, 6) is 4.17. The molecule has 1 aromatic rings. The number of benzene rings is 1. The largest absolute Gasteiger partial charge is 0.454 e. The van der Waals surface area contributed by atoms with Crippen LogP contribution in [0.15, 0.2) is 24.3 Å². The van der Waals surface area contributed by atoms with E-state index in [0.29, 0.717) is 0 Å². The standard InChI is InChI=1S/C20H26N2O3S/c23-20(5-3-16-2-4-18-19(14-16)25-15-24-18)22-9-1-8-21(10-11-22)17-6-12-26-13-7-17/h2-5,14,17H,1,6-13,15H2. The number of ether oxygens (including phenoxy) is 2. The Morgan fingerprint density at radius 3 is 2.81 bits per heavy atom. The van der Waals surface area contributed by atoms with Crippen LogP contribution in [0.4, 0.5) is 0 Å². The summed E-state index contributed by atoms with van der Waals surface area (Å²) in [6.45, 7) is 4.06. The topological polar surface area (TPSA) is 42.0 Å². The molecule has 2 fully saturated rings. The molecule has 1 amide bonds. The van der Waals surface area contributed by atoms with Crippen LogP contribution in [0.3, 0.4) is 0 Å². The van der Waals surface area contributed by atoms with Gasteiger partial charge in [-0.3, -0.25) is 9.69 Å². The third-order valence-electron chi connectivity index (χ3n) is 5.36. The lowest BCUT2D eigenvalue weighted by atomic mass is 10.1. The van der Waals surface area contributed by atoms with Gasteiger partial charge < -0.3 is 14.4 Å². The minimum absolute atomic E-state index is 0.101. The van der Waals surface area contributed by atoms with Crippen molar-refractivity contribution in [2.75, 3.05) is 44.5 Å². The summed E-state index contributed by atoms with van der Waals surface area (Å²) in [5, 5.41) is 0. The number of rotatable bonds is 3. The summed E-state index contributed by atoms with van der Waals surface area (Å²) < 4.78 is 10.7. The van der Waals surface area contributed by atoms with Crippen LogP contribution in [0.2, 0.25) is 0 Å². The van der Waals surface area contributed by atoms with Crippen LogP contribution in [-0.4, -0.2) is 66.2 Å². The van der Waals surface area contributed by atoms with Gasteiger partial charge in [-0.05, 0) is 54.5 Å². The fourth-order valence-electron chi connectivity index (χ4n) is 3.86. The lowest BCUT2D eigenvalue weighted by Crippen LogP contribution is -2.41. The van der Waals surface area contributed by atoms with Gasteiger partial charge in [-0.15, -0.1) is 0 Å². The van der Waals surface area contributed by atoms with Gasteiger partial charge in [0.25, 0.3) is 0 Å². The molecule has 0 spiro atoms. The second kappa shape index (κ2) is 8.35. The normalized spacial score (nSPS) is 21.9. The summed E-state index contributed by atoms with van der Waals surface area (Å²) in [6, 6.07) is 6.47. The van der Waals surface area contributed by atoms with E-state index in [9.17, 15) is 4.79 Å². The number of hydrogen-bond acceptors (Lipinski definition) is 5. The zero-order chi connectivity index (χ0) is 17.8. The molecular formula is C20H26N2O3S. The molecule has 0 aromatic heterocycles. The highest BCUT2D eigenvalue weighted by atomic mass is 32.2. The lowest BCUT2D eigenvalue weighted by molar-refractivity contribution is -0.125. The molecule has 3 aliphatic heterocycles. The molecule has 0 saturated carbocycles. The Bertz CT molecular complexity index is 673. The molecule has 2 saturated heterocycles. The molecule has 3 aliphatic rings. The fourth-order valence-corrected chi connectivity index (χ4v) is 4.94. The van der Waals surface area contributed by atoms with Crippen LogP contribution in [0, 0.1) is 0 Å². The zero-order valence-electron chi connectivity index (χ0n) is 15.1. The molecule has 1 aromatic carbocycles. The van der Waals surface area contributed by atoms with E-state index in [2.05, 4.69) is 16.7 Å². The van der Waals surface area contributed by atoms with E-state index in [1.54, 1.807) is 6.08 Å².